The normalized spacial score (nSPS) is 10.8. The smallest absolute Gasteiger partial charge is 0.320 e. The second-order valence-corrected chi connectivity index (χ2v) is 6.18. The van der Waals surface area contributed by atoms with E-state index in [1.165, 1.54) is 23.5 Å². The standard InChI is InChI=1S/C15H19FN4OS/c1-4-20(9-11-6-5-7-12(16)8-11)15(21)17-14-19-18-13(22-14)10(2)3/h5-8,10H,4,9H2,1-3H3,(H,17,19,21). The Morgan fingerprint density at radius 3 is 2.77 bits per heavy atom. The average Bonchev–Trinajstić information content (AvgIpc) is 2.93. The summed E-state index contributed by atoms with van der Waals surface area (Å²) in [5.41, 5.74) is 0.747. The fourth-order valence-electron chi connectivity index (χ4n) is 1.87. The molecule has 7 heteroatoms. The highest BCUT2D eigenvalue weighted by atomic mass is 32.1. The molecule has 0 aliphatic rings. The lowest BCUT2D eigenvalue weighted by Gasteiger charge is -2.20. The third-order valence-electron chi connectivity index (χ3n) is 3.08. The number of carbonyl (C=O) groups excluding carboxylic acids is 1. The van der Waals surface area contributed by atoms with Crippen molar-refractivity contribution in [3.8, 4) is 0 Å². The minimum atomic E-state index is -0.306. The van der Waals surface area contributed by atoms with Crippen LogP contribution in [-0.2, 0) is 6.54 Å². The molecule has 2 aromatic rings. The van der Waals surface area contributed by atoms with Gasteiger partial charge < -0.3 is 4.90 Å². The van der Waals surface area contributed by atoms with Gasteiger partial charge in [-0.3, -0.25) is 5.32 Å². The molecule has 5 nitrogen and oxygen atoms in total. The van der Waals surface area contributed by atoms with E-state index < -0.39 is 0 Å². The molecule has 0 aliphatic carbocycles. The number of urea groups is 1. The molecule has 0 aliphatic heterocycles. The van der Waals surface area contributed by atoms with Crippen molar-refractivity contribution < 1.29 is 9.18 Å². The topological polar surface area (TPSA) is 58.1 Å². The summed E-state index contributed by atoms with van der Waals surface area (Å²) in [6, 6.07) is 5.97. The highest BCUT2D eigenvalue weighted by Crippen LogP contribution is 2.22. The molecule has 1 N–H and O–H groups in total. The maximum absolute atomic E-state index is 13.2. The first-order valence-corrected chi connectivity index (χ1v) is 7.95. The summed E-state index contributed by atoms with van der Waals surface area (Å²) in [5, 5.41) is 12.1. The summed E-state index contributed by atoms with van der Waals surface area (Å²) >= 11 is 1.37. The molecule has 0 spiro atoms. The third-order valence-corrected chi connectivity index (χ3v) is 4.22. The molecule has 2 rings (SSSR count). The van der Waals surface area contributed by atoms with Crippen molar-refractivity contribution in [2.45, 2.75) is 33.2 Å². The predicted octanol–water partition coefficient (Wildman–Crippen LogP) is 3.85. The fourth-order valence-corrected chi connectivity index (χ4v) is 2.61. The van der Waals surface area contributed by atoms with Gasteiger partial charge in [0.05, 0.1) is 0 Å². The molecule has 0 bridgehead atoms. The van der Waals surface area contributed by atoms with Gasteiger partial charge in [0.2, 0.25) is 5.13 Å². The number of rotatable bonds is 5. The Morgan fingerprint density at radius 2 is 2.18 bits per heavy atom. The van der Waals surface area contributed by atoms with Crippen LogP contribution in [0.25, 0.3) is 0 Å². The second-order valence-electron chi connectivity index (χ2n) is 5.17. The van der Waals surface area contributed by atoms with Crippen LogP contribution >= 0.6 is 11.3 Å². The van der Waals surface area contributed by atoms with E-state index in [1.807, 2.05) is 20.8 Å². The Labute approximate surface area is 133 Å². The monoisotopic (exact) mass is 322 g/mol. The molecule has 1 heterocycles. The lowest BCUT2D eigenvalue weighted by Crippen LogP contribution is -2.34. The molecule has 0 saturated carbocycles. The fraction of sp³-hybridized carbons (Fsp3) is 0.400. The first-order chi connectivity index (χ1) is 10.5. The van der Waals surface area contributed by atoms with Crippen LogP contribution in [0.3, 0.4) is 0 Å². The average molecular weight is 322 g/mol. The number of carbonyl (C=O) groups is 1. The number of amides is 2. The first kappa shape index (κ1) is 16.4. The summed E-state index contributed by atoms with van der Waals surface area (Å²) in [4.78, 5) is 13.9. The molecule has 0 atom stereocenters. The quantitative estimate of drug-likeness (QED) is 0.909. The largest absolute Gasteiger partial charge is 0.323 e. The number of hydrogen-bond donors (Lipinski definition) is 1. The molecule has 118 valence electrons. The third kappa shape index (κ3) is 4.24. The van der Waals surface area contributed by atoms with Crippen molar-refractivity contribution in [2.75, 3.05) is 11.9 Å². The van der Waals surface area contributed by atoms with E-state index in [0.29, 0.717) is 18.2 Å². The Kier molecular flexibility index (Phi) is 5.43. The van der Waals surface area contributed by atoms with E-state index in [4.69, 9.17) is 0 Å². The second kappa shape index (κ2) is 7.31. The highest BCUT2D eigenvalue weighted by Gasteiger charge is 2.15. The van der Waals surface area contributed by atoms with Gasteiger partial charge in [-0.1, -0.05) is 37.3 Å². The van der Waals surface area contributed by atoms with E-state index in [-0.39, 0.29) is 17.8 Å². The van der Waals surface area contributed by atoms with Crippen LogP contribution in [0.4, 0.5) is 14.3 Å². The maximum atomic E-state index is 13.2. The van der Waals surface area contributed by atoms with E-state index >= 15 is 0 Å². The van der Waals surface area contributed by atoms with Gasteiger partial charge in [-0.15, -0.1) is 10.2 Å². The zero-order valence-electron chi connectivity index (χ0n) is 12.8. The summed E-state index contributed by atoms with van der Waals surface area (Å²) < 4.78 is 13.2. The van der Waals surface area contributed by atoms with Gasteiger partial charge in [0.15, 0.2) is 0 Å². The lowest BCUT2D eigenvalue weighted by atomic mass is 10.2. The molecule has 22 heavy (non-hydrogen) atoms. The van der Waals surface area contributed by atoms with Crippen molar-refractivity contribution >= 4 is 22.5 Å². The van der Waals surface area contributed by atoms with Crippen LogP contribution in [0, 0.1) is 5.82 Å². The number of halogens is 1. The van der Waals surface area contributed by atoms with Gasteiger partial charge in [-0.05, 0) is 24.6 Å². The number of anilines is 1. The number of hydrogen-bond acceptors (Lipinski definition) is 4. The molecule has 0 unspecified atom stereocenters. The lowest BCUT2D eigenvalue weighted by molar-refractivity contribution is 0.212. The van der Waals surface area contributed by atoms with Crippen molar-refractivity contribution in [3.05, 3.63) is 40.7 Å². The number of benzene rings is 1. The molecule has 1 aromatic carbocycles. The number of nitrogens with one attached hydrogen (secondary N) is 1. The molecule has 0 radical (unpaired) electrons. The summed E-state index contributed by atoms with van der Waals surface area (Å²) in [7, 11) is 0. The maximum Gasteiger partial charge on any atom is 0.323 e. The van der Waals surface area contributed by atoms with Crippen LogP contribution in [-0.4, -0.2) is 27.7 Å². The molecular formula is C15H19FN4OS. The van der Waals surface area contributed by atoms with E-state index in [1.54, 1.807) is 17.0 Å². The summed E-state index contributed by atoms with van der Waals surface area (Å²) in [6.07, 6.45) is 0. The van der Waals surface area contributed by atoms with E-state index in [9.17, 15) is 9.18 Å². The summed E-state index contributed by atoms with van der Waals surface area (Å²) in [5.74, 6) is -0.0302. The Balaban J connectivity index is 2.02. The molecule has 0 saturated heterocycles. The van der Waals surface area contributed by atoms with Crippen molar-refractivity contribution in [2.24, 2.45) is 0 Å². The number of nitrogens with zero attached hydrogens (tertiary/aromatic N) is 3. The molecular weight excluding hydrogens is 303 g/mol. The van der Waals surface area contributed by atoms with Gasteiger partial charge in [-0.25, -0.2) is 9.18 Å². The van der Waals surface area contributed by atoms with Gasteiger partial charge in [0, 0.05) is 19.0 Å². The Bertz CT molecular complexity index is 644. The van der Waals surface area contributed by atoms with Crippen LogP contribution < -0.4 is 5.32 Å². The van der Waals surface area contributed by atoms with Crippen LogP contribution in [0.1, 0.15) is 37.3 Å². The van der Waals surface area contributed by atoms with Crippen molar-refractivity contribution in [1.82, 2.24) is 15.1 Å². The highest BCUT2D eigenvalue weighted by molar-refractivity contribution is 7.15. The van der Waals surface area contributed by atoms with Crippen molar-refractivity contribution in [1.29, 1.82) is 0 Å². The van der Waals surface area contributed by atoms with Crippen molar-refractivity contribution in [3.63, 3.8) is 0 Å². The zero-order valence-corrected chi connectivity index (χ0v) is 13.7. The van der Waals surface area contributed by atoms with Gasteiger partial charge >= 0.3 is 6.03 Å². The van der Waals surface area contributed by atoms with E-state index in [0.717, 1.165) is 10.6 Å². The number of aromatic nitrogens is 2. The van der Waals surface area contributed by atoms with Gasteiger partial charge in [0.25, 0.3) is 0 Å². The Hall–Kier alpha value is -2.02. The van der Waals surface area contributed by atoms with Gasteiger partial charge in [0.1, 0.15) is 10.8 Å². The van der Waals surface area contributed by atoms with Gasteiger partial charge in [-0.2, -0.15) is 0 Å². The van der Waals surface area contributed by atoms with E-state index in [2.05, 4.69) is 15.5 Å². The molecule has 2 amide bonds. The molecule has 0 fully saturated rings. The molecule has 1 aromatic heterocycles. The zero-order chi connectivity index (χ0) is 16.1. The SMILES string of the molecule is CCN(Cc1cccc(F)c1)C(=O)Nc1nnc(C(C)C)s1. The Morgan fingerprint density at radius 1 is 1.41 bits per heavy atom. The van der Waals surface area contributed by atoms with Crippen LogP contribution in [0.2, 0.25) is 0 Å². The first-order valence-electron chi connectivity index (χ1n) is 7.13. The van der Waals surface area contributed by atoms with Crippen LogP contribution in [0.5, 0.6) is 0 Å². The van der Waals surface area contributed by atoms with Crippen LogP contribution in [0.15, 0.2) is 24.3 Å². The summed E-state index contributed by atoms with van der Waals surface area (Å²) in [6.45, 7) is 6.77. The minimum Gasteiger partial charge on any atom is -0.320 e. The predicted molar refractivity (Wildman–Crippen MR) is 85.5 cm³/mol. The minimum absolute atomic E-state index is 0.266.